The minimum Gasteiger partial charge on any atom is -0.493 e. The second kappa shape index (κ2) is 7.72. The van der Waals surface area contributed by atoms with Crippen LogP contribution in [0.1, 0.15) is 37.0 Å². The van der Waals surface area contributed by atoms with E-state index in [1.165, 1.54) is 18.4 Å². The topological polar surface area (TPSA) is 57.0 Å². The summed E-state index contributed by atoms with van der Waals surface area (Å²) in [6.45, 7) is 6.19. The molecule has 134 valence electrons. The molecule has 1 aromatic carbocycles. The van der Waals surface area contributed by atoms with Crippen LogP contribution in [0.2, 0.25) is 0 Å². The number of rotatable bonds is 5. The molecule has 5 nitrogen and oxygen atoms in total. The Morgan fingerprint density at radius 3 is 2.54 bits per heavy atom. The summed E-state index contributed by atoms with van der Waals surface area (Å²) in [6.07, 6.45) is 3.42. The number of ether oxygens (including phenoxy) is 3. The minimum absolute atomic E-state index is 0.0530. The van der Waals surface area contributed by atoms with Crippen LogP contribution < -0.4 is 15.2 Å². The van der Waals surface area contributed by atoms with E-state index in [9.17, 15) is 0 Å². The number of nitrogens with two attached hydrogens (primary N) is 1. The third kappa shape index (κ3) is 3.25. The summed E-state index contributed by atoms with van der Waals surface area (Å²) >= 11 is 0. The molecule has 0 aromatic heterocycles. The van der Waals surface area contributed by atoms with Gasteiger partial charge >= 0.3 is 0 Å². The molecule has 3 rings (SSSR count). The predicted octanol–water partition coefficient (Wildman–Crippen LogP) is 2.38. The van der Waals surface area contributed by atoms with Gasteiger partial charge in [-0.3, -0.25) is 0 Å². The molecule has 0 unspecified atom stereocenters. The maximum absolute atomic E-state index is 6.40. The molecule has 2 aliphatic rings. The molecular formula is C19H30N2O3. The summed E-state index contributed by atoms with van der Waals surface area (Å²) < 4.78 is 17.5. The Labute approximate surface area is 145 Å². The fourth-order valence-electron chi connectivity index (χ4n) is 4.15. The van der Waals surface area contributed by atoms with Gasteiger partial charge in [0.2, 0.25) is 0 Å². The fraction of sp³-hybridized carbons (Fsp3) is 0.684. The second-order valence-corrected chi connectivity index (χ2v) is 6.74. The molecule has 1 saturated heterocycles. The number of benzene rings is 1. The quantitative estimate of drug-likeness (QED) is 0.896. The summed E-state index contributed by atoms with van der Waals surface area (Å²) in [5, 5.41) is 0. The highest BCUT2D eigenvalue weighted by atomic mass is 16.5. The van der Waals surface area contributed by atoms with Crippen molar-refractivity contribution in [3.63, 3.8) is 0 Å². The highest BCUT2D eigenvalue weighted by Gasteiger charge is 2.35. The highest BCUT2D eigenvalue weighted by Crippen LogP contribution is 2.43. The molecule has 1 fully saturated rings. The third-order valence-corrected chi connectivity index (χ3v) is 5.60. The number of methoxy groups -OCH3 is 2. The first-order valence-electron chi connectivity index (χ1n) is 9.03. The minimum atomic E-state index is -0.0530. The normalized spacial score (nSPS) is 25.3. The van der Waals surface area contributed by atoms with Crippen molar-refractivity contribution in [2.24, 2.45) is 11.7 Å². The van der Waals surface area contributed by atoms with Gasteiger partial charge in [-0.25, -0.2) is 0 Å². The average Bonchev–Trinajstić information content (AvgIpc) is 2.65. The highest BCUT2D eigenvalue weighted by molar-refractivity contribution is 5.52. The molecule has 0 radical (unpaired) electrons. The number of piperidine rings is 1. The maximum atomic E-state index is 6.40. The van der Waals surface area contributed by atoms with Crippen molar-refractivity contribution in [2.45, 2.75) is 38.4 Å². The Bertz CT molecular complexity index is 556. The molecule has 0 spiro atoms. The zero-order valence-electron chi connectivity index (χ0n) is 15.1. The molecule has 0 bridgehead atoms. The summed E-state index contributed by atoms with van der Waals surface area (Å²) in [7, 11) is 3.39. The van der Waals surface area contributed by atoms with Gasteiger partial charge in [-0.1, -0.05) is 13.0 Å². The van der Waals surface area contributed by atoms with Crippen LogP contribution in [0.3, 0.4) is 0 Å². The van der Waals surface area contributed by atoms with Gasteiger partial charge in [0.05, 0.1) is 26.4 Å². The second-order valence-electron chi connectivity index (χ2n) is 6.74. The molecule has 2 heterocycles. The average molecular weight is 334 g/mol. The van der Waals surface area contributed by atoms with Crippen molar-refractivity contribution < 1.29 is 14.2 Å². The molecule has 1 aromatic rings. The largest absolute Gasteiger partial charge is 0.493 e. The number of fused-ring (bicyclic) bond motifs is 1. The molecule has 2 aliphatic heterocycles. The number of nitrogens with zero attached hydrogens (tertiary/aromatic N) is 1. The van der Waals surface area contributed by atoms with Gasteiger partial charge < -0.3 is 24.8 Å². The van der Waals surface area contributed by atoms with Gasteiger partial charge in [-0.05, 0) is 50.0 Å². The molecule has 0 saturated carbocycles. The van der Waals surface area contributed by atoms with Gasteiger partial charge in [0, 0.05) is 18.5 Å². The van der Waals surface area contributed by atoms with Crippen LogP contribution in [0.5, 0.6) is 11.5 Å². The van der Waals surface area contributed by atoms with Gasteiger partial charge in [-0.2, -0.15) is 0 Å². The maximum Gasteiger partial charge on any atom is 0.164 e. The van der Waals surface area contributed by atoms with E-state index >= 15 is 0 Å². The Kier molecular flexibility index (Phi) is 5.64. The zero-order valence-corrected chi connectivity index (χ0v) is 15.1. The lowest BCUT2D eigenvalue weighted by Gasteiger charge is -2.40. The van der Waals surface area contributed by atoms with E-state index in [1.807, 2.05) is 6.07 Å². The zero-order chi connectivity index (χ0) is 17.1. The van der Waals surface area contributed by atoms with Crippen molar-refractivity contribution in [3.8, 4) is 11.5 Å². The first-order valence-corrected chi connectivity index (χ1v) is 9.03. The van der Waals surface area contributed by atoms with Crippen molar-refractivity contribution >= 4 is 0 Å². The lowest BCUT2D eigenvalue weighted by Crippen LogP contribution is -2.42. The first kappa shape index (κ1) is 17.5. The molecule has 5 heteroatoms. The smallest absolute Gasteiger partial charge is 0.164 e. The number of hydrogen-bond acceptors (Lipinski definition) is 5. The van der Waals surface area contributed by atoms with E-state index in [-0.39, 0.29) is 12.2 Å². The van der Waals surface area contributed by atoms with Crippen LogP contribution in [0, 0.1) is 5.92 Å². The van der Waals surface area contributed by atoms with Crippen LogP contribution >= 0.6 is 0 Å². The van der Waals surface area contributed by atoms with Gasteiger partial charge in [0.15, 0.2) is 11.5 Å². The van der Waals surface area contributed by atoms with E-state index in [2.05, 4.69) is 17.9 Å². The van der Waals surface area contributed by atoms with E-state index in [0.29, 0.717) is 12.5 Å². The van der Waals surface area contributed by atoms with Crippen molar-refractivity contribution in [1.82, 2.24) is 4.90 Å². The summed E-state index contributed by atoms with van der Waals surface area (Å²) in [4.78, 5) is 2.51. The van der Waals surface area contributed by atoms with Crippen LogP contribution in [0.4, 0.5) is 0 Å². The lowest BCUT2D eigenvalue weighted by molar-refractivity contribution is -0.0644. The van der Waals surface area contributed by atoms with Crippen molar-refractivity contribution in [1.29, 1.82) is 0 Å². The molecule has 2 N–H and O–H groups in total. The Balaban J connectivity index is 1.85. The molecule has 0 amide bonds. The summed E-state index contributed by atoms with van der Waals surface area (Å²) in [6, 6.07) is 4.02. The fourth-order valence-corrected chi connectivity index (χ4v) is 4.15. The van der Waals surface area contributed by atoms with Crippen LogP contribution in [-0.2, 0) is 11.2 Å². The Morgan fingerprint density at radius 1 is 1.21 bits per heavy atom. The monoisotopic (exact) mass is 334 g/mol. The lowest BCUT2D eigenvalue weighted by atomic mass is 9.83. The van der Waals surface area contributed by atoms with Crippen LogP contribution in [-0.4, -0.2) is 51.4 Å². The van der Waals surface area contributed by atoms with Crippen LogP contribution in [0.15, 0.2) is 12.1 Å². The Hall–Kier alpha value is -1.30. The first-order chi connectivity index (χ1) is 11.7. The SMILES string of the molecule is CCN1CCC([C@@H]2Cc3c(ccc(OC)c3OC)[C@H](CN)O2)CC1. The van der Waals surface area contributed by atoms with Gasteiger partial charge in [0.1, 0.15) is 0 Å². The van der Waals surface area contributed by atoms with Gasteiger partial charge in [-0.15, -0.1) is 0 Å². The molecular weight excluding hydrogens is 304 g/mol. The third-order valence-electron chi connectivity index (χ3n) is 5.60. The molecule has 24 heavy (non-hydrogen) atoms. The molecule has 0 aliphatic carbocycles. The van der Waals surface area contributed by atoms with E-state index < -0.39 is 0 Å². The van der Waals surface area contributed by atoms with Crippen LogP contribution in [0.25, 0.3) is 0 Å². The number of hydrogen-bond donors (Lipinski definition) is 1. The van der Waals surface area contributed by atoms with E-state index in [4.69, 9.17) is 19.9 Å². The predicted molar refractivity (Wildman–Crippen MR) is 94.8 cm³/mol. The Morgan fingerprint density at radius 2 is 1.96 bits per heavy atom. The number of likely N-dealkylation sites (tertiary alicyclic amines) is 1. The van der Waals surface area contributed by atoms with Gasteiger partial charge in [0.25, 0.3) is 0 Å². The van der Waals surface area contributed by atoms with Crippen molar-refractivity contribution in [2.75, 3.05) is 40.4 Å². The summed E-state index contributed by atoms with van der Waals surface area (Å²) in [5.41, 5.74) is 8.37. The van der Waals surface area contributed by atoms with Crippen molar-refractivity contribution in [3.05, 3.63) is 23.3 Å². The standard InChI is InChI=1S/C19H30N2O3/c1-4-21-9-7-13(8-10-21)17-11-15-14(18(12-20)24-17)5-6-16(22-2)19(15)23-3/h5-6,13,17-18H,4,7-12,20H2,1-3H3/t17-,18-/m0/s1. The summed E-state index contributed by atoms with van der Waals surface area (Å²) in [5.74, 6) is 2.21. The molecule has 2 atom stereocenters. The van der Waals surface area contributed by atoms with E-state index in [1.54, 1.807) is 14.2 Å². The van der Waals surface area contributed by atoms with E-state index in [0.717, 1.165) is 43.1 Å².